The van der Waals surface area contributed by atoms with Crippen molar-refractivity contribution in [3.63, 3.8) is 0 Å². The maximum absolute atomic E-state index is 12.0. The van der Waals surface area contributed by atoms with Crippen molar-refractivity contribution >= 4 is 21.8 Å². The first-order chi connectivity index (χ1) is 9.88. The van der Waals surface area contributed by atoms with Gasteiger partial charge in [0.2, 0.25) is 0 Å². The van der Waals surface area contributed by atoms with E-state index in [4.69, 9.17) is 4.74 Å². The van der Waals surface area contributed by atoms with Gasteiger partial charge in [0.1, 0.15) is 5.75 Å². The highest BCUT2D eigenvalue weighted by Gasteiger charge is 2.23. The normalized spacial score (nSPS) is 15.7. The molecular weight excluding hydrogens is 332 g/mol. The predicted molar refractivity (Wildman–Crippen MR) is 87.5 cm³/mol. The number of nitrogens with zero attached hydrogens (tertiary/aromatic N) is 1. The number of halogens is 1. The zero-order valence-electron chi connectivity index (χ0n) is 13.1. The third-order valence-corrected chi connectivity index (χ3v) is 4.02. The highest BCUT2D eigenvalue weighted by molar-refractivity contribution is 9.10. The Kier molecular flexibility index (Phi) is 5.27. The Bertz CT molecular complexity index is 527. The van der Waals surface area contributed by atoms with E-state index in [1.165, 1.54) is 12.8 Å². The zero-order valence-corrected chi connectivity index (χ0v) is 14.7. The van der Waals surface area contributed by atoms with Gasteiger partial charge >= 0.3 is 0 Å². The average molecular weight is 355 g/mol. The highest BCUT2D eigenvalue weighted by Crippen LogP contribution is 2.30. The molecule has 0 bridgehead atoms. The van der Waals surface area contributed by atoms with Gasteiger partial charge in [-0.25, -0.2) is 0 Å². The molecule has 1 aromatic rings. The monoisotopic (exact) mass is 354 g/mol. The van der Waals surface area contributed by atoms with Crippen molar-refractivity contribution in [3.8, 4) is 5.75 Å². The van der Waals surface area contributed by atoms with Crippen LogP contribution in [-0.4, -0.2) is 37.0 Å². The van der Waals surface area contributed by atoms with Crippen LogP contribution in [0.2, 0.25) is 0 Å². The van der Waals surface area contributed by atoms with Gasteiger partial charge in [-0.2, -0.15) is 0 Å². The lowest BCUT2D eigenvalue weighted by Gasteiger charge is -2.22. The van der Waals surface area contributed by atoms with Gasteiger partial charge in [0, 0.05) is 36.7 Å². The maximum Gasteiger partial charge on any atom is 0.262 e. The van der Waals surface area contributed by atoms with Crippen molar-refractivity contribution in [2.24, 2.45) is 0 Å². The summed E-state index contributed by atoms with van der Waals surface area (Å²) in [5.41, 5.74) is 2.13. The molecular formula is C16H23BrN2O2. The molecule has 0 spiro atoms. The molecule has 1 aliphatic rings. The van der Waals surface area contributed by atoms with E-state index >= 15 is 0 Å². The molecule has 1 amide bonds. The molecule has 1 N–H and O–H groups in total. The van der Waals surface area contributed by atoms with Gasteiger partial charge in [0.25, 0.3) is 5.91 Å². The Morgan fingerprint density at radius 2 is 2.14 bits per heavy atom. The molecule has 0 saturated heterocycles. The molecule has 1 aliphatic carbocycles. The van der Waals surface area contributed by atoms with E-state index in [9.17, 15) is 4.79 Å². The minimum atomic E-state index is -0.487. The fourth-order valence-corrected chi connectivity index (χ4v) is 2.85. The number of rotatable bonds is 6. The van der Waals surface area contributed by atoms with Crippen molar-refractivity contribution in [3.05, 3.63) is 27.7 Å². The SMILES string of the molecule is Cc1cc(Br)cc(CNC2CC2)c1OC(C)C(=O)N(C)C. The molecule has 0 aliphatic heterocycles. The first-order valence-corrected chi connectivity index (χ1v) is 8.08. The van der Waals surface area contributed by atoms with Crippen LogP contribution in [-0.2, 0) is 11.3 Å². The van der Waals surface area contributed by atoms with Crippen molar-refractivity contribution in [2.45, 2.75) is 45.4 Å². The standard InChI is InChI=1S/C16H23BrN2O2/c1-10-7-13(17)8-12(9-18-14-5-6-14)15(10)21-11(2)16(20)19(3)4/h7-8,11,14,18H,5-6,9H2,1-4H3. The quantitative estimate of drug-likeness (QED) is 0.853. The molecule has 4 nitrogen and oxygen atoms in total. The van der Waals surface area contributed by atoms with E-state index in [0.29, 0.717) is 6.04 Å². The Labute approximate surface area is 135 Å². The number of carbonyl (C=O) groups is 1. The lowest BCUT2D eigenvalue weighted by atomic mass is 10.1. The number of hydrogen-bond donors (Lipinski definition) is 1. The molecule has 21 heavy (non-hydrogen) atoms. The second-order valence-electron chi connectivity index (χ2n) is 5.86. The van der Waals surface area contributed by atoms with E-state index in [0.717, 1.165) is 27.9 Å². The van der Waals surface area contributed by atoms with E-state index < -0.39 is 6.10 Å². The van der Waals surface area contributed by atoms with Crippen LogP contribution in [0.4, 0.5) is 0 Å². The van der Waals surface area contributed by atoms with E-state index in [-0.39, 0.29) is 5.91 Å². The van der Waals surface area contributed by atoms with Crippen LogP contribution in [0.5, 0.6) is 5.75 Å². The van der Waals surface area contributed by atoms with Crippen LogP contribution in [0.15, 0.2) is 16.6 Å². The van der Waals surface area contributed by atoms with Crippen molar-refractivity contribution in [1.82, 2.24) is 10.2 Å². The van der Waals surface area contributed by atoms with Crippen LogP contribution >= 0.6 is 15.9 Å². The summed E-state index contributed by atoms with van der Waals surface area (Å²) in [6.07, 6.45) is 2.01. The van der Waals surface area contributed by atoms with Gasteiger partial charge in [-0.3, -0.25) is 4.79 Å². The average Bonchev–Trinajstić information content (AvgIpc) is 3.22. The Morgan fingerprint density at radius 1 is 1.48 bits per heavy atom. The number of ether oxygens (including phenoxy) is 1. The van der Waals surface area contributed by atoms with Crippen molar-refractivity contribution in [1.29, 1.82) is 0 Å². The van der Waals surface area contributed by atoms with E-state index in [1.54, 1.807) is 25.9 Å². The Balaban J connectivity index is 2.17. The lowest BCUT2D eigenvalue weighted by Crippen LogP contribution is -2.35. The van der Waals surface area contributed by atoms with Crippen LogP contribution in [0.25, 0.3) is 0 Å². The zero-order chi connectivity index (χ0) is 15.6. The fraction of sp³-hybridized carbons (Fsp3) is 0.562. The van der Waals surface area contributed by atoms with Gasteiger partial charge in [0.15, 0.2) is 6.10 Å². The summed E-state index contributed by atoms with van der Waals surface area (Å²) < 4.78 is 6.99. The molecule has 0 radical (unpaired) electrons. The molecule has 1 atom stereocenters. The summed E-state index contributed by atoms with van der Waals surface area (Å²) in [7, 11) is 3.48. The van der Waals surface area contributed by atoms with Gasteiger partial charge in [-0.1, -0.05) is 15.9 Å². The van der Waals surface area contributed by atoms with Crippen LogP contribution in [0, 0.1) is 6.92 Å². The van der Waals surface area contributed by atoms with E-state index in [1.807, 2.05) is 13.0 Å². The maximum atomic E-state index is 12.0. The number of carbonyl (C=O) groups excluding carboxylic acids is 1. The van der Waals surface area contributed by atoms with Crippen LogP contribution in [0.1, 0.15) is 30.9 Å². The summed E-state index contributed by atoms with van der Waals surface area (Å²) in [5.74, 6) is 0.785. The van der Waals surface area contributed by atoms with Gasteiger partial charge in [-0.05, 0) is 44.4 Å². The largest absolute Gasteiger partial charge is 0.480 e. The second-order valence-corrected chi connectivity index (χ2v) is 6.77. The smallest absolute Gasteiger partial charge is 0.262 e. The minimum absolute atomic E-state index is 0.0292. The molecule has 116 valence electrons. The molecule has 5 heteroatoms. The molecule has 1 saturated carbocycles. The summed E-state index contributed by atoms with van der Waals surface area (Å²) in [4.78, 5) is 13.5. The number of hydrogen-bond acceptors (Lipinski definition) is 3. The minimum Gasteiger partial charge on any atom is -0.480 e. The predicted octanol–water partition coefficient (Wildman–Crippen LogP) is 2.87. The molecule has 0 aromatic heterocycles. The van der Waals surface area contributed by atoms with Crippen molar-refractivity contribution < 1.29 is 9.53 Å². The first-order valence-electron chi connectivity index (χ1n) is 7.28. The second kappa shape index (κ2) is 6.79. The van der Waals surface area contributed by atoms with Gasteiger partial charge < -0.3 is 15.0 Å². The highest BCUT2D eigenvalue weighted by atomic mass is 79.9. The summed E-state index contributed by atoms with van der Waals surface area (Å²) in [5, 5.41) is 3.50. The molecule has 0 heterocycles. The molecule has 1 unspecified atom stereocenters. The third-order valence-electron chi connectivity index (χ3n) is 3.56. The molecule has 1 fully saturated rings. The number of amides is 1. The summed E-state index contributed by atoms with van der Waals surface area (Å²) in [6.45, 7) is 4.57. The fourth-order valence-electron chi connectivity index (χ4n) is 2.23. The summed E-state index contributed by atoms with van der Waals surface area (Å²) in [6, 6.07) is 4.71. The number of benzene rings is 1. The van der Waals surface area contributed by atoms with Crippen LogP contribution in [0.3, 0.4) is 0 Å². The lowest BCUT2D eigenvalue weighted by molar-refractivity contribution is -0.135. The van der Waals surface area contributed by atoms with E-state index in [2.05, 4.69) is 27.3 Å². The Morgan fingerprint density at radius 3 is 2.71 bits per heavy atom. The van der Waals surface area contributed by atoms with Gasteiger partial charge in [-0.15, -0.1) is 0 Å². The summed E-state index contributed by atoms with van der Waals surface area (Å²) >= 11 is 3.53. The number of likely N-dealkylation sites (N-methyl/N-ethyl adjacent to an activating group) is 1. The van der Waals surface area contributed by atoms with Crippen LogP contribution < -0.4 is 10.1 Å². The number of aryl methyl sites for hydroxylation is 1. The third kappa shape index (κ3) is 4.45. The van der Waals surface area contributed by atoms with Crippen molar-refractivity contribution in [2.75, 3.05) is 14.1 Å². The topological polar surface area (TPSA) is 41.6 Å². The van der Waals surface area contributed by atoms with Gasteiger partial charge in [0.05, 0.1) is 0 Å². The Hall–Kier alpha value is -1.07. The first kappa shape index (κ1) is 16.3. The molecule has 2 rings (SSSR count). The molecule has 1 aromatic carbocycles. The number of nitrogens with one attached hydrogen (secondary N) is 1.